The highest BCUT2D eigenvalue weighted by Crippen LogP contribution is 2.33. The lowest BCUT2D eigenvalue weighted by Gasteiger charge is -2.30. The molecule has 0 saturated heterocycles. The maximum absolute atomic E-state index is 12.7. The Morgan fingerprint density at radius 3 is 2.86 bits per heavy atom. The van der Waals surface area contributed by atoms with E-state index in [2.05, 4.69) is 4.98 Å². The van der Waals surface area contributed by atoms with Gasteiger partial charge < -0.3 is 14.6 Å². The molecular weight excluding hydrogens is 268 g/mol. The molecule has 1 amide bonds. The fraction of sp³-hybridized carbons (Fsp3) is 0.250. The summed E-state index contributed by atoms with van der Waals surface area (Å²) in [5.41, 5.74) is 2.82. The normalized spacial score (nSPS) is 13.5. The molecule has 1 N–H and O–H groups in total. The number of rotatable bonds is 1. The number of aromatic nitrogens is 1. The summed E-state index contributed by atoms with van der Waals surface area (Å²) in [6, 6.07) is 7.20. The van der Waals surface area contributed by atoms with Gasteiger partial charge in [-0.1, -0.05) is 6.07 Å². The van der Waals surface area contributed by atoms with Crippen LogP contribution >= 0.6 is 0 Å². The van der Waals surface area contributed by atoms with E-state index in [0.717, 1.165) is 17.0 Å². The second-order valence-corrected chi connectivity index (χ2v) is 5.17. The average molecular weight is 284 g/mol. The van der Waals surface area contributed by atoms with E-state index in [1.165, 1.54) is 12.3 Å². The number of fused-ring (bicyclic) bond motifs is 1. The van der Waals surface area contributed by atoms with Gasteiger partial charge in [0, 0.05) is 12.3 Å². The first-order valence-corrected chi connectivity index (χ1v) is 6.81. The number of amides is 1. The number of hydrogen-bond donors (Lipinski definition) is 1. The molecule has 2 heterocycles. The van der Waals surface area contributed by atoms with Crippen LogP contribution in [-0.2, 0) is 0 Å². The first-order valence-electron chi connectivity index (χ1n) is 6.81. The van der Waals surface area contributed by atoms with Crippen molar-refractivity contribution in [3.8, 4) is 5.75 Å². The van der Waals surface area contributed by atoms with Gasteiger partial charge >= 0.3 is 0 Å². The quantitative estimate of drug-likeness (QED) is 0.871. The molecule has 0 atom stereocenters. The molecule has 1 aromatic carbocycles. The number of carbonyl (C=O) groups is 1. The van der Waals surface area contributed by atoms with Crippen LogP contribution in [0.25, 0.3) is 0 Å². The molecule has 0 saturated carbocycles. The van der Waals surface area contributed by atoms with Crippen molar-refractivity contribution in [2.24, 2.45) is 0 Å². The number of aromatic amines is 1. The average Bonchev–Trinajstić information content (AvgIpc) is 2.45. The van der Waals surface area contributed by atoms with Gasteiger partial charge in [0.1, 0.15) is 12.4 Å². The predicted molar refractivity (Wildman–Crippen MR) is 80.2 cm³/mol. The Morgan fingerprint density at radius 2 is 2.10 bits per heavy atom. The highest BCUT2D eigenvalue weighted by molar-refractivity contribution is 6.07. The molecule has 108 valence electrons. The van der Waals surface area contributed by atoms with Crippen molar-refractivity contribution in [3.05, 3.63) is 57.5 Å². The summed E-state index contributed by atoms with van der Waals surface area (Å²) in [6.07, 6.45) is 1.48. The third-order valence-corrected chi connectivity index (χ3v) is 3.59. The highest BCUT2D eigenvalue weighted by atomic mass is 16.5. The molecule has 0 fully saturated rings. The minimum Gasteiger partial charge on any atom is -0.490 e. The number of benzene rings is 1. The molecular formula is C16H16N2O3. The molecule has 5 nitrogen and oxygen atoms in total. The number of aryl methyl sites for hydroxylation is 2. The van der Waals surface area contributed by atoms with Gasteiger partial charge in [-0.2, -0.15) is 0 Å². The third kappa shape index (κ3) is 2.42. The molecule has 2 aromatic rings. The number of nitrogens with zero attached hydrogens (tertiary/aromatic N) is 1. The van der Waals surface area contributed by atoms with Gasteiger partial charge in [0.2, 0.25) is 5.56 Å². The number of H-pyrrole nitrogens is 1. The lowest BCUT2D eigenvalue weighted by atomic mass is 10.1. The van der Waals surface area contributed by atoms with Gasteiger partial charge in [0.05, 0.1) is 17.8 Å². The van der Waals surface area contributed by atoms with Gasteiger partial charge in [-0.15, -0.1) is 0 Å². The second-order valence-electron chi connectivity index (χ2n) is 5.17. The first-order chi connectivity index (χ1) is 10.1. The number of carbonyl (C=O) groups excluding carboxylic acids is 1. The fourth-order valence-corrected chi connectivity index (χ4v) is 2.49. The van der Waals surface area contributed by atoms with E-state index in [-0.39, 0.29) is 11.5 Å². The molecule has 0 unspecified atom stereocenters. The predicted octanol–water partition coefficient (Wildman–Crippen LogP) is 2.03. The summed E-state index contributed by atoms with van der Waals surface area (Å²) in [5, 5.41) is 0. The van der Waals surface area contributed by atoms with E-state index in [1.54, 1.807) is 11.8 Å². The van der Waals surface area contributed by atoms with E-state index in [4.69, 9.17) is 4.74 Å². The molecule has 1 aliphatic rings. The van der Waals surface area contributed by atoms with Crippen molar-refractivity contribution in [2.75, 3.05) is 18.1 Å². The summed E-state index contributed by atoms with van der Waals surface area (Å²) in [7, 11) is 0. The van der Waals surface area contributed by atoms with E-state index in [0.29, 0.717) is 24.3 Å². The zero-order valence-corrected chi connectivity index (χ0v) is 12.0. The van der Waals surface area contributed by atoms with Crippen LogP contribution in [0.4, 0.5) is 5.69 Å². The monoisotopic (exact) mass is 284 g/mol. The molecule has 3 rings (SSSR count). The van der Waals surface area contributed by atoms with Crippen molar-refractivity contribution < 1.29 is 9.53 Å². The maximum atomic E-state index is 12.7. The molecule has 5 heteroatoms. The van der Waals surface area contributed by atoms with Gasteiger partial charge in [-0.25, -0.2) is 0 Å². The zero-order valence-electron chi connectivity index (χ0n) is 12.0. The Hall–Kier alpha value is -2.56. The summed E-state index contributed by atoms with van der Waals surface area (Å²) >= 11 is 0. The number of ether oxygens (including phenoxy) is 1. The third-order valence-electron chi connectivity index (χ3n) is 3.59. The van der Waals surface area contributed by atoms with Crippen molar-refractivity contribution in [3.63, 3.8) is 0 Å². The Balaban J connectivity index is 2.02. The van der Waals surface area contributed by atoms with Crippen LogP contribution in [-0.4, -0.2) is 24.0 Å². The van der Waals surface area contributed by atoms with Crippen LogP contribution in [0.2, 0.25) is 0 Å². The molecule has 0 spiro atoms. The van der Waals surface area contributed by atoms with Gasteiger partial charge in [0.25, 0.3) is 5.91 Å². The molecule has 0 radical (unpaired) electrons. The summed E-state index contributed by atoms with van der Waals surface area (Å²) in [5.74, 6) is 0.592. The van der Waals surface area contributed by atoms with Crippen LogP contribution in [0.15, 0.2) is 35.3 Å². The van der Waals surface area contributed by atoms with Crippen molar-refractivity contribution >= 4 is 11.6 Å². The second kappa shape index (κ2) is 5.09. The van der Waals surface area contributed by atoms with Gasteiger partial charge in [-0.05, 0) is 37.1 Å². The minimum absolute atomic E-state index is 0.128. The molecule has 0 bridgehead atoms. The number of nitrogens with one attached hydrogen (secondary N) is 1. The smallest absolute Gasteiger partial charge is 0.260 e. The number of pyridine rings is 1. The summed E-state index contributed by atoms with van der Waals surface area (Å²) < 4.78 is 5.62. The Kier molecular flexibility index (Phi) is 3.25. The topological polar surface area (TPSA) is 62.4 Å². The Bertz CT molecular complexity index is 764. The fourth-order valence-electron chi connectivity index (χ4n) is 2.49. The first kappa shape index (κ1) is 13.4. The Morgan fingerprint density at radius 1 is 1.29 bits per heavy atom. The largest absolute Gasteiger partial charge is 0.490 e. The van der Waals surface area contributed by atoms with Crippen LogP contribution in [0, 0.1) is 13.8 Å². The highest BCUT2D eigenvalue weighted by Gasteiger charge is 2.25. The van der Waals surface area contributed by atoms with Crippen molar-refractivity contribution in [2.45, 2.75) is 13.8 Å². The standard InChI is InChI=1S/C16H16N2O3/c1-10-3-4-13-14(7-10)21-6-5-18(13)16(20)12-9-17-15(19)8-11(12)2/h3-4,7-9H,5-6H2,1-2H3,(H,17,19). The maximum Gasteiger partial charge on any atom is 0.260 e. The van der Waals surface area contributed by atoms with Crippen LogP contribution < -0.4 is 15.2 Å². The van der Waals surface area contributed by atoms with Gasteiger partial charge in [-0.3, -0.25) is 9.59 Å². The van der Waals surface area contributed by atoms with Gasteiger partial charge in [0.15, 0.2) is 0 Å². The van der Waals surface area contributed by atoms with E-state index in [1.807, 2.05) is 25.1 Å². The lowest BCUT2D eigenvalue weighted by molar-refractivity contribution is 0.0975. The molecule has 1 aromatic heterocycles. The van der Waals surface area contributed by atoms with E-state index in [9.17, 15) is 9.59 Å². The lowest BCUT2D eigenvalue weighted by Crippen LogP contribution is -2.38. The van der Waals surface area contributed by atoms with Crippen LogP contribution in [0.5, 0.6) is 5.75 Å². The summed E-state index contributed by atoms with van der Waals surface area (Å²) in [6.45, 7) is 4.70. The van der Waals surface area contributed by atoms with Crippen LogP contribution in [0.3, 0.4) is 0 Å². The summed E-state index contributed by atoms with van der Waals surface area (Å²) in [4.78, 5) is 28.3. The molecule has 1 aliphatic heterocycles. The zero-order chi connectivity index (χ0) is 15.0. The van der Waals surface area contributed by atoms with Crippen molar-refractivity contribution in [1.82, 2.24) is 4.98 Å². The molecule has 0 aliphatic carbocycles. The molecule has 21 heavy (non-hydrogen) atoms. The SMILES string of the molecule is Cc1ccc2c(c1)OCCN2C(=O)c1c[nH]c(=O)cc1C. The van der Waals surface area contributed by atoms with Crippen molar-refractivity contribution in [1.29, 1.82) is 0 Å². The van der Waals surface area contributed by atoms with E-state index < -0.39 is 0 Å². The minimum atomic E-state index is -0.206. The Labute approximate surface area is 122 Å². The number of hydrogen-bond acceptors (Lipinski definition) is 3. The number of anilines is 1. The van der Waals surface area contributed by atoms with Crippen LogP contribution in [0.1, 0.15) is 21.5 Å². The van der Waals surface area contributed by atoms with E-state index >= 15 is 0 Å².